The van der Waals surface area contributed by atoms with Gasteiger partial charge in [-0.05, 0) is 39.4 Å². The van der Waals surface area contributed by atoms with E-state index in [1.54, 1.807) is 4.90 Å². The van der Waals surface area contributed by atoms with E-state index in [1.807, 2.05) is 21.1 Å². The van der Waals surface area contributed by atoms with Crippen molar-refractivity contribution < 1.29 is 4.79 Å². The molecule has 1 amide bonds. The van der Waals surface area contributed by atoms with Gasteiger partial charge in [0.25, 0.3) is 0 Å². The molecule has 0 aliphatic carbocycles. The lowest BCUT2D eigenvalue weighted by atomic mass is 9.99. The van der Waals surface area contributed by atoms with E-state index in [-0.39, 0.29) is 5.91 Å². The van der Waals surface area contributed by atoms with Gasteiger partial charge in [0.2, 0.25) is 5.91 Å². The van der Waals surface area contributed by atoms with E-state index >= 15 is 0 Å². The van der Waals surface area contributed by atoms with Gasteiger partial charge >= 0.3 is 0 Å². The third-order valence-corrected chi connectivity index (χ3v) is 3.59. The maximum absolute atomic E-state index is 11.6. The largest absolute Gasteiger partial charge is 0.349 e. The van der Waals surface area contributed by atoms with Crippen LogP contribution in [-0.2, 0) is 4.79 Å². The maximum Gasteiger partial charge on any atom is 0.223 e. The monoisotopic (exact) mass is 241 g/mol. The summed E-state index contributed by atoms with van der Waals surface area (Å²) in [6.07, 6.45) is 5.77. The molecule has 0 aromatic rings. The highest BCUT2D eigenvalue weighted by molar-refractivity contribution is 5.75. The van der Waals surface area contributed by atoms with Crippen molar-refractivity contribution in [2.45, 2.75) is 38.1 Å². The van der Waals surface area contributed by atoms with Gasteiger partial charge in [-0.3, -0.25) is 9.69 Å². The van der Waals surface area contributed by atoms with E-state index in [0.29, 0.717) is 12.5 Å². The number of nitrogens with one attached hydrogen (secondary N) is 1. The molecule has 4 heteroatoms. The summed E-state index contributed by atoms with van der Waals surface area (Å²) in [4.78, 5) is 15.8. The van der Waals surface area contributed by atoms with Crippen LogP contribution in [0, 0.1) is 0 Å². The average Bonchev–Trinajstić information content (AvgIpc) is 2.34. The van der Waals surface area contributed by atoms with E-state index in [2.05, 4.69) is 10.2 Å². The summed E-state index contributed by atoms with van der Waals surface area (Å²) >= 11 is 0. The Morgan fingerprint density at radius 1 is 1.41 bits per heavy atom. The lowest BCUT2D eigenvalue weighted by molar-refractivity contribution is -0.129. The lowest BCUT2D eigenvalue weighted by Gasteiger charge is -2.35. The summed E-state index contributed by atoms with van der Waals surface area (Å²) < 4.78 is 0. The average molecular weight is 241 g/mol. The molecule has 4 nitrogen and oxygen atoms in total. The standard InChI is InChI=1S/C13H27N3O/c1-14-9-7-12-6-4-5-10-16(12)11-8-13(17)15(2)3/h12,14H,4-11H2,1-3H3. The number of rotatable bonds is 6. The molecule has 1 aliphatic rings. The van der Waals surface area contributed by atoms with Crippen molar-refractivity contribution in [3.05, 3.63) is 0 Å². The zero-order valence-electron chi connectivity index (χ0n) is 11.5. The maximum atomic E-state index is 11.6. The van der Waals surface area contributed by atoms with E-state index in [4.69, 9.17) is 0 Å². The Bertz CT molecular complexity index is 231. The highest BCUT2D eigenvalue weighted by Crippen LogP contribution is 2.19. The Kier molecular flexibility index (Phi) is 6.52. The highest BCUT2D eigenvalue weighted by Gasteiger charge is 2.22. The van der Waals surface area contributed by atoms with Crippen molar-refractivity contribution in [2.75, 3.05) is 40.8 Å². The Hall–Kier alpha value is -0.610. The van der Waals surface area contributed by atoms with Crippen LogP contribution in [0.2, 0.25) is 0 Å². The molecule has 0 saturated carbocycles. The van der Waals surface area contributed by atoms with Gasteiger partial charge in [-0.1, -0.05) is 6.42 Å². The van der Waals surface area contributed by atoms with Crippen molar-refractivity contribution in [2.24, 2.45) is 0 Å². The molecular weight excluding hydrogens is 214 g/mol. The SMILES string of the molecule is CNCCC1CCCCN1CCC(=O)N(C)C. The zero-order valence-corrected chi connectivity index (χ0v) is 11.5. The van der Waals surface area contributed by atoms with Crippen LogP contribution in [0.25, 0.3) is 0 Å². The molecule has 1 atom stereocenters. The Morgan fingerprint density at radius 2 is 2.18 bits per heavy atom. The molecule has 0 aromatic carbocycles. The Labute approximate surface area is 105 Å². The fourth-order valence-electron chi connectivity index (χ4n) is 2.46. The second kappa shape index (κ2) is 7.67. The molecule has 17 heavy (non-hydrogen) atoms. The Morgan fingerprint density at radius 3 is 2.82 bits per heavy atom. The molecule has 0 spiro atoms. The van der Waals surface area contributed by atoms with Crippen LogP contribution in [0.5, 0.6) is 0 Å². The predicted molar refractivity (Wildman–Crippen MR) is 71.1 cm³/mol. The molecule has 1 unspecified atom stereocenters. The van der Waals surface area contributed by atoms with Crippen molar-refractivity contribution in [1.29, 1.82) is 0 Å². The third kappa shape index (κ3) is 5.04. The minimum Gasteiger partial charge on any atom is -0.349 e. The van der Waals surface area contributed by atoms with Gasteiger partial charge in [0, 0.05) is 33.1 Å². The summed E-state index contributed by atoms with van der Waals surface area (Å²) in [6.45, 7) is 3.16. The topological polar surface area (TPSA) is 35.6 Å². The number of hydrogen-bond acceptors (Lipinski definition) is 3. The molecule has 1 aliphatic heterocycles. The predicted octanol–water partition coefficient (Wildman–Crippen LogP) is 0.929. The van der Waals surface area contributed by atoms with Crippen LogP contribution < -0.4 is 5.32 Å². The zero-order chi connectivity index (χ0) is 12.7. The van der Waals surface area contributed by atoms with Crippen molar-refractivity contribution in [3.63, 3.8) is 0 Å². The fourth-order valence-corrected chi connectivity index (χ4v) is 2.46. The Balaban J connectivity index is 2.34. The van der Waals surface area contributed by atoms with Gasteiger partial charge in [-0.25, -0.2) is 0 Å². The smallest absolute Gasteiger partial charge is 0.223 e. The summed E-state index contributed by atoms with van der Waals surface area (Å²) in [5.74, 6) is 0.239. The second-order valence-electron chi connectivity index (χ2n) is 5.12. The molecule has 1 heterocycles. The van der Waals surface area contributed by atoms with Crippen LogP contribution in [0.3, 0.4) is 0 Å². The minimum atomic E-state index is 0.239. The summed E-state index contributed by atoms with van der Waals surface area (Å²) in [7, 11) is 5.66. The van der Waals surface area contributed by atoms with E-state index in [0.717, 1.165) is 19.6 Å². The normalized spacial score (nSPS) is 21.5. The molecule has 1 rings (SSSR count). The van der Waals surface area contributed by atoms with E-state index < -0.39 is 0 Å². The number of likely N-dealkylation sites (tertiary alicyclic amines) is 1. The fraction of sp³-hybridized carbons (Fsp3) is 0.923. The third-order valence-electron chi connectivity index (χ3n) is 3.59. The molecule has 1 fully saturated rings. The number of hydrogen-bond donors (Lipinski definition) is 1. The lowest BCUT2D eigenvalue weighted by Crippen LogP contribution is -2.42. The molecule has 1 saturated heterocycles. The first-order chi connectivity index (χ1) is 8.15. The van der Waals surface area contributed by atoms with Crippen LogP contribution in [0.1, 0.15) is 32.1 Å². The molecule has 1 N–H and O–H groups in total. The van der Waals surface area contributed by atoms with Crippen LogP contribution >= 0.6 is 0 Å². The van der Waals surface area contributed by atoms with Crippen molar-refractivity contribution in [1.82, 2.24) is 15.1 Å². The number of piperidine rings is 1. The first-order valence-corrected chi connectivity index (χ1v) is 6.74. The molecule has 0 aromatic heterocycles. The van der Waals surface area contributed by atoms with Crippen LogP contribution in [0.4, 0.5) is 0 Å². The number of carbonyl (C=O) groups is 1. The molecular formula is C13H27N3O. The molecule has 100 valence electrons. The second-order valence-corrected chi connectivity index (χ2v) is 5.12. The summed E-state index contributed by atoms with van der Waals surface area (Å²) in [6, 6.07) is 0.672. The first-order valence-electron chi connectivity index (χ1n) is 6.74. The summed E-state index contributed by atoms with van der Waals surface area (Å²) in [5, 5.41) is 3.22. The number of carbonyl (C=O) groups excluding carboxylic acids is 1. The van der Waals surface area contributed by atoms with E-state index in [1.165, 1.54) is 25.7 Å². The molecule has 0 radical (unpaired) electrons. The molecule has 0 bridgehead atoms. The van der Waals surface area contributed by atoms with Gasteiger partial charge in [-0.2, -0.15) is 0 Å². The summed E-state index contributed by atoms with van der Waals surface area (Å²) in [5.41, 5.74) is 0. The van der Waals surface area contributed by atoms with Gasteiger partial charge in [0.05, 0.1) is 0 Å². The van der Waals surface area contributed by atoms with Gasteiger partial charge in [0.15, 0.2) is 0 Å². The van der Waals surface area contributed by atoms with Crippen molar-refractivity contribution >= 4 is 5.91 Å². The van der Waals surface area contributed by atoms with Crippen LogP contribution in [-0.4, -0.2) is 62.5 Å². The first kappa shape index (κ1) is 14.5. The van der Waals surface area contributed by atoms with E-state index in [9.17, 15) is 4.79 Å². The highest BCUT2D eigenvalue weighted by atomic mass is 16.2. The van der Waals surface area contributed by atoms with Crippen molar-refractivity contribution in [3.8, 4) is 0 Å². The number of amides is 1. The van der Waals surface area contributed by atoms with Gasteiger partial charge < -0.3 is 10.2 Å². The van der Waals surface area contributed by atoms with Gasteiger partial charge in [0.1, 0.15) is 0 Å². The quantitative estimate of drug-likeness (QED) is 0.751. The minimum absolute atomic E-state index is 0.239. The number of nitrogens with zero attached hydrogens (tertiary/aromatic N) is 2. The van der Waals surface area contributed by atoms with Crippen LogP contribution in [0.15, 0.2) is 0 Å². The van der Waals surface area contributed by atoms with Gasteiger partial charge in [-0.15, -0.1) is 0 Å².